The van der Waals surface area contributed by atoms with Crippen molar-refractivity contribution in [2.75, 3.05) is 62.2 Å². The molecule has 2 aliphatic rings. The first-order valence-corrected chi connectivity index (χ1v) is 12.3. The fourth-order valence-electron chi connectivity index (χ4n) is 4.96. The number of pyridine rings is 1. The molecule has 2 fully saturated rings. The molecule has 4 heterocycles. The second-order valence-electron chi connectivity index (χ2n) is 9.24. The number of nitrogens with one attached hydrogen (secondary N) is 1. The van der Waals surface area contributed by atoms with Crippen molar-refractivity contribution in [3.8, 4) is 5.75 Å². The Bertz CT molecular complexity index is 1210. The van der Waals surface area contributed by atoms with E-state index in [9.17, 15) is 13.6 Å². The van der Waals surface area contributed by atoms with Crippen LogP contribution in [0.2, 0.25) is 0 Å². The molecule has 2 saturated heterocycles. The number of nitrogens with zero attached hydrogens (tertiary/aromatic N) is 6. The van der Waals surface area contributed by atoms with E-state index >= 15 is 0 Å². The maximum absolute atomic E-state index is 14.9. The van der Waals surface area contributed by atoms with Gasteiger partial charge in [-0.15, -0.1) is 5.10 Å². The van der Waals surface area contributed by atoms with E-state index in [1.807, 2.05) is 11.0 Å². The number of fused-ring (bicyclic) bond motifs is 1. The molecule has 1 N–H and O–H groups in total. The summed E-state index contributed by atoms with van der Waals surface area (Å²) in [5.41, 5.74) is 0.573. The first-order valence-electron chi connectivity index (χ1n) is 12.3. The molecular formula is C24H31F2N7O2. The summed E-state index contributed by atoms with van der Waals surface area (Å²) >= 11 is 0. The van der Waals surface area contributed by atoms with Gasteiger partial charge in [0.1, 0.15) is 17.3 Å². The van der Waals surface area contributed by atoms with Crippen LogP contribution in [0.4, 0.5) is 20.3 Å². The zero-order valence-corrected chi connectivity index (χ0v) is 20.0. The van der Waals surface area contributed by atoms with E-state index in [1.165, 1.54) is 31.4 Å². The van der Waals surface area contributed by atoms with Gasteiger partial charge in [0.05, 0.1) is 12.1 Å². The molecule has 11 heteroatoms. The Balaban J connectivity index is 1.18. The summed E-state index contributed by atoms with van der Waals surface area (Å²) in [6, 6.07) is 4.37. The number of anilines is 2. The Morgan fingerprint density at radius 2 is 1.66 bits per heavy atom. The number of halogens is 2. The fraction of sp³-hybridized carbons (Fsp3) is 0.542. The highest BCUT2D eigenvalue weighted by molar-refractivity contribution is 5.76. The maximum Gasteiger partial charge on any atom is 0.279 e. The number of hydrogen-bond acceptors (Lipinski definition) is 7. The lowest BCUT2D eigenvalue weighted by Gasteiger charge is -2.37. The van der Waals surface area contributed by atoms with E-state index in [1.54, 1.807) is 16.6 Å². The Labute approximate surface area is 202 Å². The standard InChI is InChI=1S/C24H31F2N7O2/c1-30-20-16-21(27-24(34)22(20)28-29-30)32-9-11-33(12-10-32)23-18(25)14-17(15-19(23)26)35-13-5-8-31-6-3-2-4-7-31/h14-16H,2-13H2,1H3,(H,27,34). The van der Waals surface area contributed by atoms with E-state index in [2.05, 4.69) is 20.2 Å². The molecule has 35 heavy (non-hydrogen) atoms. The fourth-order valence-corrected chi connectivity index (χ4v) is 4.96. The largest absolute Gasteiger partial charge is 0.493 e. The van der Waals surface area contributed by atoms with E-state index < -0.39 is 11.6 Å². The van der Waals surface area contributed by atoms with Crippen LogP contribution in [0.15, 0.2) is 23.0 Å². The van der Waals surface area contributed by atoms with Crippen molar-refractivity contribution in [2.24, 2.45) is 7.05 Å². The van der Waals surface area contributed by atoms with Gasteiger partial charge >= 0.3 is 0 Å². The Morgan fingerprint density at radius 3 is 2.37 bits per heavy atom. The maximum atomic E-state index is 14.9. The minimum Gasteiger partial charge on any atom is -0.493 e. The van der Waals surface area contributed by atoms with E-state index in [-0.39, 0.29) is 22.5 Å². The topological polar surface area (TPSA) is 82.5 Å². The highest BCUT2D eigenvalue weighted by Gasteiger charge is 2.24. The van der Waals surface area contributed by atoms with Gasteiger partial charge in [0.25, 0.3) is 5.56 Å². The van der Waals surface area contributed by atoms with E-state index in [0.717, 1.165) is 26.1 Å². The van der Waals surface area contributed by atoms with E-state index in [4.69, 9.17) is 4.74 Å². The highest BCUT2D eigenvalue weighted by Crippen LogP contribution is 2.30. The highest BCUT2D eigenvalue weighted by atomic mass is 19.1. The van der Waals surface area contributed by atoms with Crippen LogP contribution in [0.3, 0.4) is 0 Å². The molecule has 9 nitrogen and oxygen atoms in total. The zero-order valence-electron chi connectivity index (χ0n) is 20.0. The van der Waals surface area contributed by atoms with Crippen LogP contribution in [0, 0.1) is 11.6 Å². The number of aromatic amines is 1. The second-order valence-corrected chi connectivity index (χ2v) is 9.24. The molecule has 2 aliphatic heterocycles. The number of aryl methyl sites for hydroxylation is 1. The third-order valence-corrected chi connectivity index (χ3v) is 6.86. The lowest BCUT2D eigenvalue weighted by Crippen LogP contribution is -2.47. The number of likely N-dealkylation sites (tertiary alicyclic amines) is 1. The van der Waals surface area contributed by atoms with Gasteiger partial charge in [-0.1, -0.05) is 11.6 Å². The van der Waals surface area contributed by atoms with Crippen LogP contribution in [0.5, 0.6) is 5.75 Å². The van der Waals surface area contributed by atoms with Crippen LogP contribution in [-0.2, 0) is 7.05 Å². The first kappa shape index (κ1) is 23.5. The van der Waals surface area contributed by atoms with Gasteiger partial charge in [-0.3, -0.25) is 4.79 Å². The number of piperidine rings is 1. The van der Waals surface area contributed by atoms with Gasteiger partial charge in [0, 0.05) is 58.0 Å². The molecule has 2 aromatic heterocycles. The molecule has 0 unspecified atom stereocenters. The summed E-state index contributed by atoms with van der Waals surface area (Å²) in [6.45, 7) is 5.44. The number of aromatic nitrogens is 4. The predicted molar refractivity (Wildman–Crippen MR) is 130 cm³/mol. The molecule has 3 aromatic rings. The number of piperazine rings is 1. The average Bonchev–Trinajstić information content (AvgIpc) is 3.24. The molecule has 0 atom stereocenters. The number of benzene rings is 1. The number of H-pyrrole nitrogens is 1. The van der Waals surface area contributed by atoms with Crippen LogP contribution >= 0.6 is 0 Å². The van der Waals surface area contributed by atoms with Gasteiger partial charge < -0.3 is 24.4 Å². The van der Waals surface area contributed by atoms with Crippen molar-refractivity contribution in [3.05, 3.63) is 40.2 Å². The lowest BCUT2D eigenvalue weighted by atomic mass is 10.1. The van der Waals surface area contributed by atoms with Gasteiger partial charge in [-0.25, -0.2) is 13.5 Å². The summed E-state index contributed by atoms with van der Waals surface area (Å²) in [5, 5.41) is 7.76. The van der Waals surface area contributed by atoms with Gasteiger partial charge in [0.15, 0.2) is 17.2 Å². The minimum atomic E-state index is -0.625. The third-order valence-electron chi connectivity index (χ3n) is 6.86. The molecule has 0 bridgehead atoms. The van der Waals surface area contributed by atoms with Crippen LogP contribution in [-0.4, -0.2) is 77.3 Å². The van der Waals surface area contributed by atoms with Crippen LogP contribution < -0.4 is 20.1 Å². The summed E-state index contributed by atoms with van der Waals surface area (Å²) in [5.74, 6) is -0.390. The smallest absolute Gasteiger partial charge is 0.279 e. The van der Waals surface area contributed by atoms with Crippen molar-refractivity contribution in [1.29, 1.82) is 0 Å². The predicted octanol–water partition coefficient (Wildman–Crippen LogP) is 2.52. The first-order chi connectivity index (χ1) is 17.0. The molecule has 0 amide bonds. The molecule has 0 radical (unpaired) electrons. The summed E-state index contributed by atoms with van der Waals surface area (Å²) < 4.78 is 37.0. The molecule has 0 aliphatic carbocycles. The third kappa shape index (κ3) is 5.09. The van der Waals surface area contributed by atoms with Gasteiger partial charge in [-0.2, -0.15) is 0 Å². The Hall–Kier alpha value is -3.21. The molecule has 1 aromatic carbocycles. The average molecular weight is 488 g/mol. The second kappa shape index (κ2) is 10.2. The van der Waals surface area contributed by atoms with Gasteiger partial charge in [-0.05, 0) is 32.4 Å². The zero-order chi connectivity index (χ0) is 24.4. The van der Waals surface area contributed by atoms with Gasteiger partial charge in [0.2, 0.25) is 0 Å². The van der Waals surface area contributed by atoms with Crippen molar-refractivity contribution in [3.63, 3.8) is 0 Å². The SMILES string of the molecule is Cn1nnc2c(=O)[nH]c(N3CCN(c4c(F)cc(OCCCN5CCCCC5)cc4F)CC3)cc21. The molecule has 188 valence electrons. The van der Waals surface area contributed by atoms with E-state index in [0.29, 0.717) is 44.1 Å². The quantitative estimate of drug-likeness (QED) is 0.513. The monoisotopic (exact) mass is 487 g/mol. The molecule has 0 spiro atoms. The Morgan fingerprint density at radius 1 is 0.971 bits per heavy atom. The van der Waals surface area contributed by atoms with Crippen molar-refractivity contribution in [1.82, 2.24) is 24.9 Å². The molecule has 0 saturated carbocycles. The van der Waals surface area contributed by atoms with Crippen LogP contribution in [0.25, 0.3) is 11.0 Å². The minimum absolute atomic E-state index is 0.0369. The van der Waals surface area contributed by atoms with Crippen molar-refractivity contribution < 1.29 is 13.5 Å². The number of rotatable bonds is 7. The normalized spacial score (nSPS) is 17.3. The number of hydrogen-bond donors (Lipinski definition) is 1. The van der Waals surface area contributed by atoms with Crippen LogP contribution in [0.1, 0.15) is 25.7 Å². The molecule has 5 rings (SSSR count). The Kier molecular flexibility index (Phi) is 6.85. The summed E-state index contributed by atoms with van der Waals surface area (Å²) in [6.07, 6.45) is 4.60. The summed E-state index contributed by atoms with van der Waals surface area (Å²) in [7, 11) is 1.73. The van der Waals surface area contributed by atoms with Crippen molar-refractivity contribution in [2.45, 2.75) is 25.7 Å². The molecular weight excluding hydrogens is 456 g/mol. The lowest BCUT2D eigenvalue weighted by molar-refractivity contribution is 0.204. The number of ether oxygens (including phenoxy) is 1. The van der Waals surface area contributed by atoms with Crippen molar-refractivity contribution >= 4 is 22.5 Å². The summed E-state index contributed by atoms with van der Waals surface area (Å²) in [4.78, 5) is 21.2.